The Kier molecular flexibility index (Phi) is 7.11. The fraction of sp³-hybridized carbons (Fsp3) is 0.370. The zero-order valence-electron chi connectivity index (χ0n) is 22.0. The topological polar surface area (TPSA) is 68.6 Å². The molecule has 0 fully saturated rings. The molecule has 0 aliphatic heterocycles. The van der Waals surface area contributed by atoms with Gasteiger partial charge in [-0.1, -0.05) is 37.7 Å². The lowest BCUT2D eigenvalue weighted by Gasteiger charge is -2.20. The number of ether oxygens (including phenoxy) is 1. The fourth-order valence-electron chi connectivity index (χ4n) is 3.69. The third kappa shape index (κ3) is 5.86. The first kappa shape index (κ1) is 26.7. The van der Waals surface area contributed by atoms with Gasteiger partial charge in [0.15, 0.2) is 0 Å². The van der Waals surface area contributed by atoms with Crippen LogP contribution in [0.25, 0.3) is 22.0 Å². The Bertz CT molecular complexity index is 1460. The smallest absolute Gasteiger partial charge is 0.419 e. The van der Waals surface area contributed by atoms with E-state index in [1.54, 1.807) is 22.8 Å². The number of aromatic nitrogens is 1. The van der Waals surface area contributed by atoms with Gasteiger partial charge in [-0.2, -0.15) is 0 Å². The highest BCUT2D eigenvalue weighted by Gasteiger charge is 2.26. The molecule has 35 heavy (non-hydrogen) atoms. The molecule has 8 heteroatoms. The molecule has 3 rings (SSSR count). The second kappa shape index (κ2) is 9.30. The summed E-state index contributed by atoms with van der Waals surface area (Å²) in [5, 5.41) is 0.815. The zero-order valence-corrected chi connectivity index (χ0v) is 23.8. The molecule has 0 bridgehead atoms. The highest BCUT2D eigenvalue weighted by Crippen LogP contribution is 2.37. The van der Waals surface area contributed by atoms with Crippen molar-refractivity contribution in [3.05, 3.63) is 53.7 Å². The molecule has 1 heterocycles. The Morgan fingerprint density at radius 3 is 2.29 bits per heavy atom. The van der Waals surface area contributed by atoms with Gasteiger partial charge in [0.1, 0.15) is 13.7 Å². The van der Waals surface area contributed by atoms with Crippen molar-refractivity contribution >= 4 is 35.1 Å². The van der Waals surface area contributed by atoms with Crippen LogP contribution in [-0.2, 0) is 14.8 Å². The molecule has 0 spiro atoms. The van der Waals surface area contributed by atoms with Gasteiger partial charge in [0, 0.05) is 36.3 Å². The van der Waals surface area contributed by atoms with E-state index in [2.05, 4.69) is 31.1 Å². The number of fused-ring (bicyclic) bond motifs is 1. The Hall–Kier alpha value is -2.86. The predicted molar refractivity (Wildman–Crippen MR) is 145 cm³/mol. The normalized spacial score (nSPS) is 12.5. The molecule has 0 saturated carbocycles. The van der Waals surface area contributed by atoms with Gasteiger partial charge in [0.2, 0.25) is 10.0 Å². The van der Waals surface area contributed by atoms with Gasteiger partial charge in [-0.3, -0.25) is 0 Å². The molecule has 0 radical (unpaired) electrons. The maximum atomic E-state index is 13.2. The first-order chi connectivity index (χ1) is 16.0. The summed E-state index contributed by atoms with van der Waals surface area (Å²) >= 11 is 0. The number of carbonyl (C=O) groups excluding carboxylic acids is 1. The van der Waals surface area contributed by atoms with Gasteiger partial charge in [-0.15, -0.1) is 5.54 Å². The van der Waals surface area contributed by atoms with Crippen LogP contribution in [0.2, 0.25) is 19.6 Å². The third-order valence-corrected chi connectivity index (χ3v) is 7.95. The fourth-order valence-corrected chi connectivity index (χ4v) is 5.15. The standard InChI is InChI=1S/C27H34N2O4SSi/c1-19-25(21-11-10-12-22(18-21)34(31,32)28(5)6)23-17-20(15-16-35(7,8)9)13-14-24(23)29(19)26(30)33-27(2,3)4/h10-14,17-18H,1-9H3. The number of hydrogen-bond acceptors (Lipinski definition) is 4. The average molecular weight is 511 g/mol. The zero-order chi connectivity index (χ0) is 26.3. The third-order valence-electron chi connectivity index (χ3n) is 5.26. The van der Waals surface area contributed by atoms with E-state index in [4.69, 9.17) is 4.74 Å². The van der Waals surface area contributed by atoms with Crippen LogP contribution in [-0.4, -0.2) is 51.2 Å². The van der Waals surface area contributed by atoms with E-state index in [1.807, 2.05) is 52.0 Å². The number of sulfonamides is 1. The van der Waals surface area contributed by atoms with Crippen molar-refractivity contribution in [2.24, 2.45) is 0 Å². The predicted octanol–water partition coefficient (Wildman–Crippen LogP) is 5.88. The van der Waals surface area contributed by atoms with E-state index in [0.29, 0.717) is 16.8 Å². The number of hydrogen-bond donors (Lipinski definition) is 0. The van der Waals surface area contributed by atoms with Crippen molar-refractivity contribution in [3.8, 4) is 22.6 Å². The molecule has 0 unspecified atom stereocenters. The van der Waals surface area contributed by atoms with Gasteiger partial charge < -0.3 is 4.74 Å². The van der Waals surface area contributed by atoms with Crippen molar-refractivity contribution in [3.63, 3.8) is 0 Å². The average Bonchev–Trinajstić information content (AvgIpc) is 3.01. The van der Waals surface area contributed by atoms with Gasteiger partial charge in [-0.05, 0) is 63.6 Å². The largest absolute Gasteiger partial charge is 0.443 e. The molecule has 0 saturated heterocycles. The lowest BCUT2D eigenvalue weighted by Crippen LogP contribution is -2.27. The summed E-state index contributed by atoms with van der Waals surface area (Å²) in [4.78, 5) is 13.4. The Morgan fingerprint density at radius 1 is 1.06 bits per heavy atom. The maximum Gasteiger partial charge on any atom is 0.419 e. The minimum absolute atomic E-state index is 0.187. The second-order valence-corrected chi connectivity index (χ2v) is 17.7. The first-order valence-corrected chi connectivity index (χ1v) is 16.4. The SMILES string of the molecule is Cc1c(-c2cccc(S(=O)(=O)N(C)C)c2)c2cc(C#C[Si](C)(C)C)ccc2n1C(=O)OC(C)(C)C. The minimum Gasteiger partial charge on any atom is -0.443 e. The minimum atomic E-state index is -3.62. The summed E-state index contributed by atoms with van der Waals surface area (Å²) in [6, 6.07) is 12.6. The Morgan fingerprint density at radius 2 is 1.71 bits per heavy atom. The van der Waals surface area contributed by atoms with Crippen molar-refractivity contribution in [2.75, 3.05) is 14.1 Å². The van der Waals surface area contributed by atoms with Crippen molar-refractivity contribution in [1.82, 2.24) is 8.87 Å². The van der Waals surface area contributed by atoms with Gasteiger partial charge in [0.05, 0.1) is 10.4 Å². The summed E-state index contributed by atoms with van der Waals surface area (Å²) in [6.07, 6.45) is -0.482. The van der Waals surface area contributed by atoms with Gasteiger partial charge >= 0.3 is 6.09 Å². The monoisotopic (exact) mass is 510 g/mol. The lowest BCUT2D eigenvalue weighted by atomic mass is 10.0. The molecule has 1 aromatic heterocycles. The van der Waals surface area contributed by atoms with Crippen molar-refractivity contribution in [1.29, 1.82) is 0 Å². The second-order valence-electron chi connectivity index (χ2n) is 10.8. The van der Waals surface area contributed by atoms with Crippen LogP contribution in [0.15, 0.2) is 47.4 Å². The molecule has 2 aromatic carbocycles. The lowest BCUT2D eigenvalue weighted by molar-refractivity contribution is 0.0542. The van der Waals surface area contributed by atoms with Gasteiger partial charge in [0.25, 0.3) is 0 Å². The molecule has 0 N–H and O–H groups in total. The van der Waals surface area contributed by atoms with Crippen LogP contribution in [0.3, 0.4) is 0 Å². The van der Waals surface area contributed by atoms with E-state index in [1.165, 1.54) is 18.4 Å². The Labute approximate surface area is 210 Å². The van der Waals surface area contributed by atoms with E-state index >= 15 is 0 Å². The van der Waals surface area contributed by atoms with Crippen molar-refractivity contribution < 1.29 is 17.9 Å². The summed E-state index contributed by atoms with van der Waals surface area (Å²) < 4.78 is 34.0. The summed E-state index contributed by atoms with van der Waals surface area (Å²) in [5.74, 6) is 3.29. The number of benzene rings is 2. The van der Waals surface area contributed by atoms with E-state index in [0.717, 1.165) is 16.5 Å². The molecule has 0 amide bonds. The maximum absolute atomic E-state index is 13.2. The molecule has 0 aliphatic rings. The molecular formula is C27H34N2O4SSi. The molecular weight excluding hydrogens is 476 g/mol. The van der Waals surface area contributed by atoms with Crippen LogP contribution >= 0.6 is 0 Å². The van der Waals surface area contributed by atoms with E-state index in [9.17, 15) is 13.2 Å². The molecule has 6 nitrogen and oxygen atoms in total. The van der Waals surface area contributed by atoms with Crippen LogP contribution in [0.1, 0.15) is 32.0 Å². The van der Waals surface area contributed by atoms with Crippen LogP contribution in [0.5, 0.6) is 0 Å². The molecule has 0 atom stereocenters. The number of carbonyl (C=O) groups is 1. The first-order valence-electron chi connectivity index (χ1n) is 11.5. The Balaban J connectivity index is 2.33. The molecule has 186 valence electrons. The summed E-state index contributed by atoms with van der Waals surface area (Å²) in [7, 11) is -2.20. The molecule has 3 aromatic rings. The summed E-state index contributed by atoms with van der Waals surface area (Å²) in [6.45, 7) is 13.9. The van der Waals surface area contributed by atoms with Crippen LogP contribution in [0, 0.1) is 18.4 Å². The number of nitrogens with zero attached hydrogens (tertiary/aromatic N) is 2. The van der Waals surface area contributed by atoms with Crippen LogP contribution < -0.4 is 0 Å². The van der Waals surface area contributed by atoms with Crippen LogP contribution in [0.4, 0.5) is 4.79 Å². The highest BCUT2D eigenvalue weighted by molar-refractivity contribution is 7.89. The summed E-state index contributed by atoms with van der Waals surface area (Å²) in [5.41, 5.74) is 6.40. The van der Waals surface area contributed by atoms with E-state index in [-0.39, 0.29) is 4.90 Å². The van der Waals surface area contributed by atoms with E-state index < -0.39 is 29.8 Å². The quantitative estimate of drug-likeness (QED) is 0.326. The van der Waals surface area contributed by atoms with Gasteiger partial charge in [-0.25, -0.2) is 22.1 Å². The van der Waals surface area contributed by atoms with Crippen molar-refractivity contribution in [2.45, 2.75) is 57.8 Å². The highest BCUT2D eigenvalue weighted by atomic mass is 32.2. The number of rotatable bonds is 3. The molecule has 0 aliphatic carbocycles.